The Balaban J connectivity index is 1.64. The molecule has 0 unspecified atom stereocenters. The molecule has 2 aliphatic rings. The van der Waals surface area contributed by atoms with Crippen molar-refractivity contribution in [3.05, 3.63) is 71.8 Å². The van der Waals surface area contributed by atoms with E-state index in [9.17, 15) is 14.4 Å². The molecule has 0 spiro atoms. The zero-order chi connectivity index (χ0) is 19.6. The van der Waals surface area contributed by atoms with Crippen LogP contribution in [0.5, 0.6) is 0 Å². The maximum atomic E-state index is 13.4. The van der Waals surface area contributed by atoms with E-state index >= 15 is 0 Å². The minimum atomic E-state index is -1.37. The van der Waals surface area contributed by atoms with Crippen molar-refractivity contribution < 1.29 is 19.3 Å². The van der Waals surface area contributed by atoms with Gasteiger partial charge in [0.05, 0.1) is 13.1 Å². The lowest BCUT2D eigenvalue weighted by Crippen LogP contribution is -3.11. The monoisotopic (exact) mass is 379 g/mol. The van der Waals surface area contributed by atoms with E-state index in [0.717, 1.165) is 30.9 Å². The van der Waals surface area contributed by atoms with Gasteiger partial charge >= 0.3 is 6.03 Å². The van der Waals surface area contributed by atoms with Gasteiger partial charge in [-0.2, -0.15) is 5.01 Å². The molecular formula is C21H23N4O3+. The van der Waals surface area contributed by atoms with Crippen LogP contribution in [0.15, 0.2) is 60.7 Å². The van der Waals surface area contributed by atoms with Crippen LogP contribution >= 0.6 is 0 Å². The Kier molecular flexibility index (Phi) is 4.83. The van der Waals surface area contributed by atoms with Gasteiger partial charge < -0.3 is 10.2 Å². The van der Waals surface area contributed by atoms with Gasteiger partial charge in [-0.05, 0) is 11.1 Å². The number of urea groups is 1. The van der Waals surface area contributed by atoms with Crippen molar-refractivity contribution in [3.8, 4) is 0 Å². The van der Waals surface area contributed by atoms with Crippen LogP contribution in [-0.4, -0.2) is 42.5 Å². The number of nitrogens with one attached hydrogen (secondary N) is 3. The quantitative estimate of drug-likeness (QED) is 0.649. The highest BCUT2D eigenvalue weighted by molar-refractivity contribution is 6.10. The van der Waals surface area contributed by atoms with Crippen molar-refractivity contribution in [3.63, 3.8) is 0 Å². The van der Waals surface area contributed by atoms with Gasteiger partial charge in [0.2, 0.25) is 0 Å². The first-order valence-corrected chi connectivity index (χ1v) is 9.52. The Bertz CT molecular complexity index is 840. The van der Waals surface area contributed by atoms with Crippen molar-refractivity contribution in [2.24, 2.45) is 0 Å². The van der Waals surface area contributed by atoms with Gasteiger partial charge in [-0.15, -0.1) is 0 Å². The standard InChI is InChI=1S/C21H22N4O3/c26-18(15-24-13-7-8-14-24)23-25-19(27)21(22-20(25)28,16-9-3-1-4-10-16)17-11-5-2-6-12-17/h1-6,9-12H,7-8,13-15H2,(H,22,28)(H,23,26)/p+1. The highest BCUT2D eigenvalue weighted by Crippen LogP contribution is 2.35. The summed E-state index contributed by atoms with van der Waals surface area (Å²) in [5.74, 6) is -0.850. The molecule has 2 fully saturated rings. The van der Waals surface area contributed by atoms with E-state index in [4.69, 9.17) is 0 Å². The van der Waals surface area contributed by atoms with Gasteiger partial charge in [-0.3, -0.25) is 15.0 Å². The highest BCUT2D eigenvalue weighted by atomic mass is 16.2. The van der Waals surface area contributed by atoms with Gasteiger partial charge in [0.25, 0.3) is 11.8 Å². The second-order valence-corrected chi connectivity index (χ2v) is 7.22. The maximum Gasteiger partial charge on any atom is 0.344 e. The zero-order valence-electron chi connectivity index (χ0n) is 15.5. The van der Waals surface area contributed by atoms with Crippen molar-refractivity contribution in [1.82, 2.24) is 15.8 Å². The molecule has 144 valence electrons. The number of benzene rings is 2. The topological polar surface area (TPSA) is 82.9 Å². The van der Waals surface area contributed by atoms with Crippen molar-refractivity contribution in [1.29, 1.82) is 0 Å². The summed E-state index contributed by atoms with van der Waals surface area (Å²) in [7, 11) is 0. The molecule has 2 heterocycles. The smallest absolute Gasteiger partial charge is 0.327 e. The number of carbonyl (C=O) groups is 3. The molecule has 28 heavy (non-hydrogen) atoms. The molecule has 2 aromatic carbocycles. The molecule has 3 N–H and O–H groups in total. The van der Waals surface area contributed by atoms with E-state index in [1.54, 1.807) is 24.3 Å². The average Bonchev–Trinajstić information content (AvgIpc) is 3.31. The van der Waals surface area contributed by atoms with Gasteiger partial charge in [0.1, 0.15) is 0 Å². The Hall–Kier alpha value is -3.19. The van der Waals surface area contributed by atoms with Crippen LogP contribution in [0.25, 0.3) is 0 Å². The van der Waals surface area contributed by atoms with E-state index in [-0.39, 0.29) is 12.5 Å². The number of hydrogen-bond donors (Lipinski definition) is 3. The highest BCUT2D eigenvalue weighted by Gasteiger charge is 2.54. The zero-order valence-corrected chi connectivity index (χ0v) is 15.5. The SMILES string of the molecule is O=C(C[NH+]1CCCC1)NN1C(=O)NC(c2ccccc2)(c2ccccc2)C1=O. The summed E-state index contributed by atoms with van der Waals surface area (Å²) >= 11 is 0. The van der Waals surface area contributed by atoms with Gasteiger partial charge in [-0.25, -0.2) is 4.79 Å². The third-order valence-corrected chi connectivity index (χ3v) is 5.39. The molecule has 7 nitrogen and oxygen atoms in total. The van der Waals surface area contributed by atoms with Crippen LogP contribution in [0.1, 0.15) is 24.0 Å². The summed E-state index contributed by atoms with van der Waals surface area (Å²) in [6, 6.07) is 17.5. The lowest BCUT2D eigenvalue weighted by Gasteiger charge is -2.27. The maximum absolute atomic E-state index is 13.4. The number of amides is 4. The summed E-state index contributed by atoms with van der Waals surface area (Å²) in [4.78, 5) is 39.7. The molecule has 4 rings (SSSR count). The fourth-order valence-electron chi connectivity index (χ4n) is 4.01. The first-order chi connectivity index (χ1) is 13.6. The lowest BCUT2D eigenvalue weighted by molar-refractivity contribution is -0.879. The number of carbonyl (C=O) groups excluding carboxylic acids is 3. The Morgan fingerprint density at radius 2 is 1.50 bits per heavy atom. The second kappa shape index (κ2) is 7.44. The molecule has 0 aromatic heterocycles. The normalized spacial score (nSPS) is 18.9. The molecule has 4 amide bonds. The first-order valence-electron chi connectivity index (χ1n) is 9.52. The van der Waals surface area contributed by atoms with Crippen LogP contribution in [0, 0.1) is 0 Å². The van der Waals surface area contributed by atoms with Crippen LogP contribution in [0.2, 0.25) is 0 Å². The van der Waals surface area contributed by atoms with Gasteiger partial charge in [0.15, 0.2) is 12.1 Å². The predicted octanol–water partition coefficient (Wildman–Crippen LogP) is 0.192. The largest absolute Gasteiger partial charge is 0.344 e. The number of quaternary nitrogens is 1. The van der Waals surface area contributed by atoms with E-state index in [2.05, 4.69) is 10.7 Å². The fourth-order valence-corrected chi connectivity index (χ4v) is 4.01. The van der Waals surface area contributed by atoms with E-state index in [1.165, 1.54) is 4.90 Å². The number of hydrazine groups is 1. The summed E-state index contributed by atoms with van der Waals surface area (Å²) in [6.07, 6.45) is 2.19. The number of likely N-dealkylation sites (tertiary alicyclic amines) is 1. The van der Waals surface area contributed by atoms with Crippen molar-refractivity contribution in [2.75, 3.05) is 19.6 Å². The molecule has 2 aliphatic heterocycles. The Morgan fingerprint density at radius 3 is 2.04 bits per heavy atom. The number of hydrogen-bond acceptors (Lipinski definition) is 3. The molecule has 0 saturated carbocycles. The first kappa shape index (κ1) is 18.2. The average molecular weight is 379 g/mol. The van der Waals surface area contributed by atoms with Crippen molar-refractivity contribution >= 4 is 17.8 Å². The van der Waals surface area contributed by atoms with E-state index < -0.39 is 17.5 Å². The second-order valence-electron chi connectivity index (χ2n) is 7.22. The van der Waals surface area contributed by atoms with Gasteiger partial charge in [0, 0.05) is 12.8 Å². The van der Waals surface area contributed by atoms with Gasteiger partial charge in [-0.1, -0.05) is 60.7 Å². The Morgan fingerprint density at radius 1 is 0.964 bits per heavy atom. The molecule has 0 radical (unpaired) electrons. The minimum Gasteiger partial charge on any atom is -0.327 e. The number of nitrogens with zero attached hydrogens (tertiary/aromatic N) is 1. The molecule has 2 aromatic rings. The number of imide groups is 1. The third kappa shape index (κ3) is 3.14. The fraction of sp³-hybridized carbons (Fsp3) is 0.286. The van der Waals surface area contributed by atoms with Crippen LogP contribution in [0.3, 0.4) is 0 Å². The summed E-state index contributed by atoms with van der Waals surface area (Å²) < 4.78 is 0. The number of rotatable bonds is 5. The van der Waals surface area contributed by atoms with Crippen LogP contribution < -0.4 is 15.6 Å². The van der Waals surface area contributed by atoms with Crippen LogP contribution in [-0.2, 0) is 15.1 Å². The molecule has 7 heteroatoms. The molecule has 0 bridgehead atoms. The Labute approximate surface area is 163 Å². The third-order valence-electron chi connectivity index (χ3n) is 5.39. The summed E-state index contributed by atoms with van der Waals surface area (Å²) in [6.45, 7) is 2.12. The molecule has 0 atom stereocenters. The molecule has 2 saturated heterocycles. The molecule has 0 aliphatic carbocycles. The molecular weight excluding hydrogens is 356 g/mol. The van der Waals surface area contributed by atoms with E-state index in [1.807, 2.05) is 36.4 Å². The van der Waals surface area contributed by atoms with Crippen LogP contribution in [0.4, 0.5) is 4.79 Å². The van der Waals surface area contributed by atoms with E-state index in [0.29, 0.717) is 11.1 Å². The summed E-state index contributed by atoms with van der Waals surface area (Å²) in [5, 5.41) is 3.63. The lowest BCUT2D eigenvalue weighted by atomic mass is 9.83. The minimum absolute atomic E-state index is 0.251. The summed E-state index contributed by atoms with van der Waals surface area (Å²) in [5.41, 5.74) is 2.42. The van der Waals surface area contributed by atoms with Crippen molar-refractivity contribution in [2.45, 2.75) is 18.4 Å². The predicted molar refractivity (Wildman–Crippen MR) is 102 cm³/mol.